The van der Waals surface area contributed by atoms with Crippen molar-refractivity contribution < 1.29 is 26.7 Å². The Kier molecular flexibility index (Phi) is 5.84. The molecule has 0 aliphatic carbocycles. The Morgan fingerprint density at radius 1 is 1.14 bits per heavy atom. The van der Waals surface area contributed by atoms with Gasteiger partial charge in [0.15, 0.2) is 0 Å². The summed E-state index contributed by atoms with van der Waals surface area (Å²) < 4.78 is 51.5. The van der Waals surface area contributed by atoms with Gasteiger partial charge in [-0.15, -0.1) is 0 Å². The van der Waals surface area contributed by atoms with Crippen LogP contribution in [0.15, 0.2) is 34.1 Å². The van der Waals surface area contributed by atoms with Crippen molar-refractivity contribution in [1.82, 2.24) is 9.44 Å². The molecule has 0 bridgehead atoms. The summed E-state index contributed by atoms with van der Waals surface area (Å²) >= 11 is 0. The largest absolute Gasteiger partial charge is 0.481 e. The summed E-state index contributed by atoms with van der Waals surface area (Å²) in [5.41, 5.74) is 0. The Morgan fingerprint density at radius 2 is 1.71 bits per heavy atom. The normalized spacial score (nSPS) is 12.2. The zero-order valence-corrected chi connectivity index (χ0v) is 12.9. The summed E-state index contributed by atoms with van der Waals surface area (Å²) in [5.74, 6) is -1.02. The van der Waals surface area contributed by atoms with Crippen LogP contribution < -0.4 is 9.44 Å². The Morgan fingerprint density at radius 3 is 2.24 bits per heavy atom. The van der Waals surface area contributed by atoms with E-state index in [9.17, 15) is 21.6 Å². The molecule has 21 heavy (non-hydrogen) atoms. The molecule has 0 saturated carbocycles. The third-order valence-corrected chi connectivity index (χ3v) is 5.43. The van der Waals surface area contributed by atoms with Crippen molar-refractivity contribution in [3.05, 3.63) is 24.3 Å². The first-order chi connectivity index (χ1) is 9.69. The van der Waals surface area contributed by atoms with Crippen molar-refractivity contribution in [3.8, 4) is 0 Å². The minimum atomic E-state index is -3.88. The van der Waals surface area contributed by atoms with Gasteiger partial charge in [-0.1, -0.05) is 6.07 Å². The molecule has 1 aromatic rings. The van der Waals surface area contributed by atoms with Crippen LogP contribution in [-0.4, -0.2) is 41.5 Å². The van der Waals surface area contributed by atoms with E-state index < -0.39 is 26.0 Å². The van der Waals surface area contributed by atoms with Crippen LogP contribution in [0.25, 0.3) is 0 Å². The van der Waals surface area contributed by atoms with E-state index >= 15 is 0 Å². The number of aliphatic carboxylic acids is 1. The van der Waals surface area contributed by atoms with E-state index in [4.69, 9.17) is 5.11 Å². The molecule has 0 fully saturated rings. The van der Waals surface area contributed by atoms with E-state index in [-0.39, 0.29) is 29.2 Å². The van der Waals surface area contributed by atoms with Gasteiger partial charge in [-0.2, -0.15) is 0 Å². The molecular formula is C11H16N2O6S2. The SMILES string of the molecule is CNS(=O)(=O)c1cccc(S(=O)(=O)NCCCC(=O)O)c1. The number of rotatable bonds is 8. The number of carboxylic acids is 1. The number of hydrogen-bond donors (Lipinski definition) is 3. The molecule has 0 saturated heterocycles. The highest BCUT2D eigenvalue weighted by Crippen LogP contribution is 2.15. The molecule has 3 N–H and O–H groups in total. The van der Waals surface area contributed by atoms with Gasteiger partial charge in [0.1, 0.15) is 0 Å². The second kappa shape index (κ2) is 6.98. The van der Waals surface area contributed by atoms with E-state index in [1.807, 2.05) is 0 Å². The second-order valence-electron chi connectivity index (χ2n) is 4.08. The van der Waals surface area contributed by atoms with Crippen LogP contribution in [0.5, 0.6) is 0 Å². The molecule has 0 unspecified atom stereocenters. The van der Waals surface area contributed by atoms with Crippen molar-refractivity contribution in [2.75, 3.05) is 13.6 Å². The molecule has 1 rings (SSSR count). The van der Waals surface area contributed by atoms with E-state index in [1.54, 1.807) is 0 Å². The molecule has 0 aliphatic rings. The van der Waals surface area contributed by atoms with Gasteiger partial charge in [-0.3, -0.25) is 4.79 Å². The first-order valence-electron chi connectivity index (χ1n) is 5.94. The quantitative estimate of drug-likeness (QED) is 0.561. The molecule has 0 aromatic heterocycles. The highest BCUT2D eigenvalue weighted by atomic mass is 32.2. The monoisotopic (exact) mass is 336 g/mol. The van der Waals surface area contributed by atoms with Gasteiger partial charge in [0.2, 0.25) is 20.0 Å². The van der Waals surface area contributed by atoms with E-state index in [2.05, 4.69) is 9.44 Å². The number of carboxylic acid groups (broad SMARTS) is 1. The van der Waals surface area contributed by atoms with Crippen molar-refractivity contribution in [3.63, 3.8) is 0 Å². The molecule has 10 heteroatoms. The lowest BCUT2D eigenvalue weighted by molar-refractivity contribution is -0.137. The first-order valence-corrected chi connectivity index (χ1v) is 8.91. The Bertz CT molecular complexity index is 712. The van der Waals surface area contributed by atoms with Gasteiger partial charge < -0.3 is 5.11 Å². The fraction of sp³-hybridized carbons (Fsp3) is 0.364. The van der Waals surface area contributed by atoms with Gasteiger partial charge in [0, 0.05) is 13.0 Å². The van der Waals surface area contributed by atoms with Crippen LogP contribution >= 0.6 is 0 Å². The summed E-state index contributed by atoms with van der Waals surface area (Å²) in [6.07, 6.45) is -0.0141. The van der Waals surface area contributed by atoms with E-state index in [1.165, 1.54) is 25.2 Å². The third kappa shape index (κ3) is 5.08. The maximum absolute atomic E-state index is 12.0. The average Bonchev–Trinajstić information content (AvgIpc) is 2.43. The van der Waals surface area contributed by atoms with Crippen LogP contribution in [-0.2, 0) is 24.8 Å². The second-order valence-corrected chi connectivity index (χ2v) is 7.73. The maximum Gasteiger partial charge on any atom is 0.303 e. The number of benzene rings is 1. The highest BCUT2D eigenvalue weighted by Gasteiger charge is 2.18. The lowest BCUT2D eigenvalue weighted by Crippen LogP contribution is -2.26. The van der Waals surface area contributed by atoms with Crippen LogP contribution in [0, 0.1) is 0 Å². The van der Waals surface area contributed by atoms with Crippen molar-refractivity contribution in [2.45, 2.75) is 22.6 Å². The molecule has 118 valence electrons. The summed E-state index contributed by atoms with van der Waals surface area (Å²) in [5, 5.41) is 8.46. The van der Waals surface area contributed by atoms with Crippen LogP contribution in [0.4, 0.5) is 0 Å². The Hall–Kier alpha value is -1.49. The first kappa shape index (κ1) is 17.6. The topological polar surface area (TPSA) is 130 Å². The minimum Gasteiger partial charge on any atom is -0.481 e. The molecule has 0 heterocycles. The summed E-state index contributed by atoms with van der Waals surface area (Å²) in [6.45, 7) is -0.0440. The van der Waals surface area contributed by atoms with Gasteiger partial charge in [0.25, 0.3) is 0 Å². The molecule has 1 aromatic carbocycles. The van der Waals surface area contributed by atoms with Crippen molar-refractivity contribution in [2.24, 2.45) is 0 Å². The van der Waals surface area contributed by atoms with Gasteiger partial charge >= 0.3 is 5.97 Å². The van der Waals surface area contributed by atoms with Crippen LogP contribution in [0.1, 0.15) is 12.8 Å². The minimum absolute atomic E-state index is 0.0440. The third-order valence-electron chi connectivity index (χ3n) is 2.55. The van der Waals surface area contributed by atoms with Gasteiger partial charge in [-0.05, 0) is 31.7 Å². The molecule has 0 radical (unpaired) electrons. The number of hydrogen-bond acceptors (Lipinski definition) is 5. The van der Waals surface area contributed by atoms with Crippen LogP contribution in [0.3, 0.4) is 0 Å². The highest BCUT2D eigenvalue weighted by molar-refractivity contribution is 7.90. The lowest BCUT2D eigenvalue weighted by Gasteiger charge is -2.08. The zero-order valence-electron chi connectivity index (χ0n) is 11.2. The van der Waals surface area contributed by atoms with Gasteiger partial charge in [0.05, 0.1) is 9.79 Å². The molecule has 0 spiro atoms. The molecular weight excluding hydrogens is 320 g/mol. The zero-order chi connectivity index (χ0) is 16.1. The predicted molar refractivity (Wildman–Crippen MR) is 74.7 cm³/mol. The number of carbonyl (C=O) groups is 1. The summed E-state index contributed by atoms with van der Waals surface area (Å²) in [6, 6.07) is 4.88. The smallest absolute Gasteiger partial charge is 0.303 e. The van der Waals surface area contributed by atoms with Crippen molar-refractivity contribution >= 4 is 26.0 Å². The summed E-state index contributed by atoms with van der Waals surface area (Å²) in [4.78, 5) is 9.96. The molecule has 8 nitrogen and oxygen atoms in total. The fourth-order valence-electron chi connectivity index (χ4n) is 1.46. The number of nitrogens with one attached hydrogen (secondary N) is 2. The molecule has 0 aliphatic heterocycles. The lowest BCUT2D eigenvalue weighted by atomic mass is 10.3. The van der Waals surface area contributed by atoms with E-state index in [0.717, 1.165) is 6.07 Å². The predicted octanol–water partition coefficient (Wildman–Crippen LogP) is -0.262. The van der Waals surface area contributed by atoms with Gasteiger partial charge in [-0.25, -0.2) is 26.3 Å². The maximum atomic E-state index is 12.0. The Labute approximate surface area is 123 Å². The standard InChI is InChI=1S/C11H16N2O6S2/c1-12-20(16,17)9-4-2-5-10(8-9)21(18,19)13-7-3-6-11(14)15/h2,4-5,8,12-13H,3,6-7H2,1H3,(H,14,15). The fourth-order valence-corrected chi connectivity index (χ4v) is 3.43. The number of sulfonamides is 2. The molecule has 0 amide bonds. The summed E-state index contributed by atoms with van der Waals surface area (Å²) in [7, 11) is -6.40. The molecule has 0 atom stereocenters. The Balaban J connectivity index is 2.89. The van der Waals surface area contributed by atoms with Crippen LogP contribution in [0.2, 0.25) is 0 Å². The van der Waals surface area contributed by atoms with Crippen molar-refractivity contribution in [1.29, 1.82) is 0 Å². The van der Waals surface area contributed by atoms with E-state index in [0.29, 0.717) is 0 Å². The average molecular weight is 336 g/mol.